The molecule has 4 aromatic carbocycles. The maximum absolute atomic E-state index is 14.5. The van der Waals surface area contributed by atoms with E-state index in [0.29, 0.717) is 32.4 Å². The van der Waals surface area contributed by atoms with E-state index in [1.165, 1.54) is 0 Å². The van der Waals surface area contributed by atoms with Crippen molar-refractivity contribution in [3.8, 4) is 5.75 Å². The third-order valence-electron chi connectivity index (χ3n) is 10.9. The molecule has 10 nitrogen and oxygen atoms in total. The summed E-state index contributed by atoms with van der Waals surface area (Å²) in [5, 5.41) is 13.1. The second kappa shape index (κ2) is 17.1. The summed E-state index contributed by atoms with van der Waals surface area (Å²) < 4.78 is 0. The first kappa shape index (κ1) is 38.3. The van der Waals surface area contributed by atoms with Gasteiger partial charge in [0.25, 0.3) is 0 Å². The van der Waals surface area contributed by atoms with Crippen molar-refractivity contribution in [2.24, 2.45) is 5.73 Å². The number of nitrogens with one attached hydrogen (secondary N) is 1. The molecule has 0 saturated carbocycles. The summed E-state index contributed by atoms with van der Waals surface area (Å²) in [6.45, 7) is 6.72. The Labute approximate surface area is 317 Å². The molecular formula is C44H51N5O5. The molecule has 1 saturated heterocycles. The van der Waals surface area contributed by atoms with E-state index in [0.717, 1.165) is 39.1 Å². The highest BCUT2D eigenvalue weighted by Crippen LogP contribution is 2.28. The molecule has 2 aliphatic heterocycles. The molecule has 0 unspecified atom stereocenters. The lowest BCUT2D eigenvalue weighted by molar-refractivity contribution is -0.144. The van der Waals surface area contributed by atoms with Crippen LogP contribution in [0.2, 0.25) is 0 Å². The van der Waals surface area contributed by atoms with Gasteiger partial charge in [-0.3, -0.25) is 19.2 Å². The van der Waals surface area contributed by atoms with Crippen molar-refractivity contribution in [3.05, 3.63) is 130 Å². The van der Waals surface area contributed by atoms with E-state index in [-0.39, 0.29) is 55.3 Å². The Balaban J connectivity index is 1.22. The number of aromatic hydroxyl groups is 1. The molecule has 10 heteroatoms. The summed E-state index contributed by atoms with van der Waals surface area (Å²) in [5.74, 6) is -0.754. The van der Waals surface area contributed by atoms with Gasteiger partial charge in [-0.05, 0) is 90.8 Å². The van der Waals surface area contributed by atoms with Gasteiger partial charge in [0.2, 0.25) is 23.6 Å². The number of para-hydroxylation sites is 1. The van der Waals surface area contributed by atoms with Crippen LogP contribution in [0.3, 0.4) is 0 Å². The lowest BCUT2D eigenvalue weighted by Gasteiger charge is -2.40. The highest BCUT2D eigenvalue weighted by atomic mass is 16.3. The van der Waals surface area contributed by atoms with E-state index in [2.05, 4.69) is 5.32 Å². The second-order valence-electron chi connectivity index (χ2n) is 14.6. The first-order valence-corrected chi connectivity index (χ1v) is 19.0. The number of nitrogens with zero attached hydrogens (tertiary/aromatic N) is 3. The van der Waals surface area contributed by atoms with Gasteiger partial charge in [-0.1, -0.05) is 79.7 Å². The van der Waals surface area contributed by atoms with Crippen molar-refractivity contribution in [1.29, 1.82) is 0 Å². The number of benzene rings is 4. The Morgan fingerprint density at radius 3 is 2.06 bits per heavy atom. The Morgan fingerprint density at radius 1 is 0.833 bits per heavy atom. The molecule has 282 valence electrons. The number of nitrogens with two attached hydrogens (primary N) is 1. The predicted molar refractivity (Wildman–Crippen MR) is 210 cm³/mol. The Morgan fingerprint density at radius 2 is 1.43 bits per heavy atom. The zero-order valence-electron chi connectivity index (χ0n) is 31.4. The van der Waals surface area contributed by atoms with E-state index in [1.54, 1.807) is 21.9 Å². The molecule has 0 aromatic heterocycles. The third kappa shape index (κ3) is 8.66. The molecule has 2 heterocycles. The summed E-state index contributed by atoms with van der Waals surface area (Å²) in [7, 11) is 0. The number of aryl methyl sites for hydroxylation is 2. The monoisotopic (exact) mass is 729 g/mol. The quantitative estimate of drug-likeness (QED) is 0.199. The van der Waals surface area contributed by atoms with Gasteiger partial charge in [-0.25, -0.2) is 0 Å². The van der Waals surface area contributed by atoms with Crippen LogP contribution >= 0.6 is 0 Å². The Hall–Kier alpha value is -5.48. The van der Waals surface area contributed by atoms with Crippen molar-refractivity contribution in [1.82, 2.24) is 15.1 Å². The summed E-state index contributed by atoms with van der Waals surface area (Å²) in [4.78, 5) is 61.4. The van der Waals surface area contributed by atoms with Crippen LogP contribution in [-0.2, 0) is 45.0 Å². The van der Waals surface area contributed by atoms with Crippen molar-refractivity contribution in [2.45, 2.75) is 90.0 Å². The molecule has 3 atom stereocenters. The zero-order chi connectivity index (χ0) is 38.4. The van der Waals surface area contributed by atoms with Crippen LogP contribution in [0.5, 0.6) is 5.75 Å². The number of rotatable bonds is 11. The average molecular weight is 730 g/mol. The Kier molecular flexibility index (Phi) is 12.1. The fourth-order valence-electron chi connectivity index (χ4n) is 8.00. The van der Waals surface area contributed by atoms with Crippen molar-refractivity contribution < 1.29 is 24.3 Å². The molecule has 2 aliphatic rings. The van der Waals surface area contributed by atoms with Crippen LogP contribution in [0, 0.1) is 13.8 Å². The van der Waals surface area contributed by atoms with Gasteiger partial charge in [-0.2, -0.15) is 0 Å². The minimum atomic E-state index is -0.925. The predicted octanol–water partition coefficient (Wildman–Crippen LogP) is 4.99. The first-order chi connectivity index (χ1) is 26.0. The van der Waals surface area contributed by atoms with Crippen LogP contribution in [0.25, 0.3) is 0 Å². The number of anilines is 1. The lowest BCUT2D eigenvalue weighted by atomic mass is 9.91. The summed E-state index contributed by atoms with van der Waals surface area (Å²) in [5.41, 5.74) is 12.8. The van der Waals surface area contributed by atoms with Gasteiger partial charge >= 0.3 is 0 Å². The third-order valence-corrected chi connectivity index (χ3v) is 10.9. The van der Waals surface area contributed by atoms with Crippen LogP contribution < -0.4 is 16.0 Å². The zero-order valence-corrected chi connectivity index (χ0v) is 31.4. The number of amides is 4. The molecule has 0 spiro atoms. The number of likely N-dealkylation sites (tertiary alicyclic amines) is 1. The van der Waals surface area contributed by atoms with E-state index in [9.17, 15) is 24.3 Å². The van der Waals surface area contributed by atoms with Gasteiger partial charge in [0.05, 0.1) is 6.04 Å². The maximum atomic E-state index is 14.5. The molecule has 4 N–H and O–H groups in total. The average Bonchev–Trinajstić information content (AvgIpc) is 3.18. The highest BCUT2D eigenvalue weighted by molar-refractivity contribution is 5.95. The number of phenols is 1. The van der Waals surface area contributed by atoms with E-state index in [4.69, 9.17) is 5.73 Å². The fraction of sp³-hybridized carbons (Fsp3) is 0.364. The molecule has 0 bridgehead atoms. The molecule has 0 aliphatic carbocycles. The van der Waals surface area contributed by atoms with Crippen LogP contribution in [0.15, 0.2) is 97.1 Å². The maximum Gasteiger partial charge on any atom is 0.245 e. The van der Waals surface area contributed by atoms with Gasteiger partial charge < -0.3 is 30.9 Å². The normalized spacial score (nSPS) is 16.9. The number of hydrogen-bond donors (Lipinski definition) is 3. The molecule has 4 aromatic rings. The SMILES string of the molecule is CCC(=O)N(c1ccccc1)C1CCN(C(=O)[C@@H](Cc2ccccc2)NC(=O)[C@@H]2Cc3ccccc3CN2C(=O)[C@@H](N)Cc2c(C)cc(O)cc2C)CC1. The summed E-state index contributed by atoms with van der Waals surface area (Å²) in [6.07, 6.45) is 2.42. The van der Waals surface area contributed by atoms with Gasteiger partial charge in [-0.15, -0.1) is 0 Å². The number of carbonyl (C=O) groups excluding carboxylic acids is 4. The standard InChI is InChI=1S/C44H51N5O5/c1-4-41(51)49(34-17-9-6-10-18-34)35-19-21-47(22-20-35)44(54)39(25-31-13-7-5-8-14-31)46-42(52)40-26-32-15-11-12-16-33(32)28-48(40)43(53)38(45)27-37-29(2)23-36(50)24-30(37)3/h5-18,23-24,35,38-40,50H,4,19-22,25-28,45H2,1-3H3,(H,46,52)/t38-,39+,40-/m0/s1. The number of carbonyl (C=O) groups is 4. The van der Waals surface area contributed by atoms with Crippen LogP contribution in [-0.4, -0.2) is 75.8 Å². The molecule has 1 fully saturated rings. The molecule has 6 rings (SSSR count). The fourth-order valence-corrected chi connectivity index (χ4v) is 8.00. The highest BCUT2D eigenvalue weighted by Gasteiger charge is 2.39. The largest absolute Gasteiger partial charge is 0.508 e. The lowest BCUT2D eigenvalue weighted by Crippen LogP contribution is -2.60. The smallest absolute Gasteiger partial charge is 0.245 e. The summed E-state index contributed by atoms with van der Waals surface area (Å²) >= 11 is 0. The second-order valence-corrected chi connectivity index (χ2v) is 14.6. The number of hydrogen-bond acceptors (Lipinski definition) is 6. The van der Waals surface area contributed by atoms with Crippen molar-refractivity contribution in [3.63, 3.8) is 0 Å². The van der Waals surface area contributed by atoms with Gasteiger partial charge in [0, 0.05) is 50.6 Å². The van der Waals surface area contributed by atoms with E-state index < -0.39 is 24.0 Å². The van der Waals surface area contributed by atoms with Crippen molar-refractivity contribution >= 4 is 29.3 Å². The number of phenolic OH excluding ortho intramolecular Hbond substituents is 1. The van der Waals surface area contributed by atoms with Crippen LogP contribution in [0.4, 0.5) is 5.69 Å². The Bertz CT molecular complexity index is 1940. The number of fused-ring (bicyclic) bond motifs is 1. The van der Waals surface area contributed by atoms with Crippen molar-refractivity contribution in [2.75, 3.05) is 18.0 Å². The topological polar surface area (TPSA) is 136 Å². The van der Waals surface area contributed by atoms with Crippen LogP contribution in [0.1, 0.15) is 59.6 Å². The molecule has 54 heavy (non-hydrogen) atoms. The van der Waals surface area contributed by atoms with E-state index >= 15 is 0 Å². The van der Waals surface area contributed by atoms with Gasteiger partial charge in [0.1, 0.15) is 17.8 Å². The molecular weight excluding hydrogens is 679 g/mol. The summed E-state index contributed by atoms with van der Waals surface area (Å²) in [6, 6.07) is 27.6. The number of piperidine rings is 1. The first-order valence-electron chi connectivity index (χ1n) is 19.0. The minimum Gasteiger partial charge on any atom is -0.508 e. The molecule has 4 amide bonds. The molecule has 0 radical (unpaired) electrons. The minimum absolute atomic E-state index is 0.0430. The van der Waals surface area contributed by atoms with Gasteiger partial charge in [0.15, 0.2) is 0 Å². The van der Waals surface area contributed by atoms with E-state index in [1.807, 2.05) is 111 Å².